The third-order valence-electron chi connectivity index (χ3n) is 2.78. The Morgan fingerprint density at radius 1 is 0.947 bits per heavy atom. The summed E-state index contributed by atoms with van der Waals surface area (Å²) in [4.78, 5) is 8.66. The first-order chi connectivity index (χ1) is 9.36. The summed E-state index contributed by atoms with van der Waals surface area (Å²) in [5.41, 5.74) is 2.32. The molecule has 0 aliphatic rings. The Labute approximate surface area is 110 Å². The number of para-hydroxylation sites is 3. The molecule has 0 atom stereocenters. The first-order valence-corrected chi connectivity index (χ1v) is 5.95. The van der Waals surface area contributed by atoms with Gasteiger partial charge in [-0.25, -0.2) is 9.97 Å². The van der Waals surface area contributed by atoms with Gasteiger partial charge in [0.25, 0.3) is 0 Å². The van der Waals surface area contributed by atoms with Crippen LogP contribution in [0.25, 0.3) is 11.0 Å². The SMILES string of the molecule is OCc1ccccc1Oc1cnc2ccccc2n1. The zero-order valence-corrected chi connectivity index (χ0v) is 10.2. The van der Waals surface area contributed by atoms with Gasteiger partial charge >= 0.3 is 0 Å². The second kappa shape index (κ2) is 5.04. The molecule has 2 aromatic carbocycles. The van der Waals surface area contributed by atoms with E-state index in [4.69, 9.17) is 4.74 Å². The smallest absolute Gasteiger partial charge is 0.238 e. The molecule has 0 saturated carbocycles. The molecule has 94 valence electrons. The van der Waals surface area contributed by atoms with E-state index in [2.05, 4.69) is 9.97 Å². The van der Waals surface area contributed by atoms with Gasteiger partial charge in [0.15, 0.2) is 0 Å². The van der Waals surface area contributed by atoms with E-state index < -0.39 is 0 Å². The minimum absolute atomic E-state index is 0.0722. The van der Waals surface area contributed by atoms with Crippen molar-refractivity contribution in [1.29, 1.82) is 0 Å². The van der Waals surface area contributed by atoms with Gasteiger partial charge < -0.3 is 9.84 Å². The number of rotatable bonds is 3. The maximum atomic E-state index is 9.25. The van der Waals surface area contributed by atoms with Crippen LogP contribution in [0.5, 0.6) is 11.6 Å². The predicted molar refractivity (Wildman–Crippen MR) is 72.0 cm³/mol. The van der Waals surface area contributed by atoms with Gasteiger partial charge in [0.2, 0.25) is 5.88 Å². The lowest BCUT2D eigenvalue weighted by Crippen LogP contribution is -1.94. The highest BCUT2D eigenvalue weighted by atomic mass is 16.5. The van der Waals surface area contributed by atoms with Crippen LogP contribution in [0.15, 0.2) is 54.7 Å². The summed E-state index contributed by atoms with van der Waals surface area (Å²) in [5, 5.41) is 9.25. The molecule has 1 aromatic heterocycles. The van der Waals surface area contributed by atoms with E-state index in [0.29, 0.717) is 11.6 Å². The summed E-state index contributed by atoms with van der Waals surface area (Å²) < 4.78 is 5.67. The number of hydrogen-bond donors (Lipinski definition) is 1. The van der Waals surface area contributed by atoms with Gasteiger partial charge in [-0.15, -0.1) is 0 Å². The molecule has 1 N–H and O–H groups in total. The quantitative estimate of drug-likeness (QED) is 0.778. The van der Waals surface area contributed by atoms with Crippen molar-refractivity contribution < 1.29 is 9.84 Å². The van der Waals surface area contributed by atoms with Crippen LogP contribution in [0.1, 0.15) is 5.56 Å². The highest BCUT2D eigenvalue weighted by molar-refractivity contribution is 5.74. The van der Waals surface area contributed by atoms with E-state index in [0.717, 1.165) is 16.6 Å². The molecule has 4 heteroatoms. The second-order valence-electron chi connectivity index (χ2n) is 4.06. The van der Waals surface area contributed by atoms with Crippen molar-refractivity contribution in [2.75, 3.05) is 0 Å². The number of nitrogens with zero attached hydrogens (tertiary/aromatic N) is 2. The van der Waals surface area contributed by atoms with Crippen LogP contribution < -0.4 is 4.74 Å². The fourth-order valence-electron chi connectivity index (χ4n) is 1.84. The summed E-state index contributed by atoms with van der Waals surface area (Å²) >= 11 is 0. The van der Waals surface area contributed by atoms with Crippen molar-refractivity contribution in [3.63, 3.8) is 0 Å². The van der Waals surface area contributed by atoms with Crippen LogP contribution in [-0.4, -0.2) is 15.1 Å². The number of aromatic nitrogens is 2. The molecule has 0 aliphatic heterocycles. The Morgan fingerprint density at radius 2 is 1.68 bits per heavy atom. The molecule has 3 aromatic rings. The lowest BCUT2D eigenvalue weighted by Gasteiger charge is -2.08. The maximum Gasteiger partial charge on any atom is 0.238 e. The Morgan fingerprint density at radius 3 is 2.53 bits per heavy atom. The third kappa shape index (κ3) is 2.39. The Kier molecular flexibility index (Phi) is 3.08. The largest absolute Gasteiger partial charge is 0.437 e. The van der Waals surface area contributed by atoms with Gasteiger partial charge in [0.1, 0.15) is 5.75 Å². The molecule has 0 aliphatic carbocycles. The molecule has 0 fully saturated rings. The molecule has 0 amide bonds. The Balaban J connectivity index is 1.96. The van der Waals surface area contributed by atoms with Gasteiger partial charge in [-0.3, -0.25) is 0 Å². The van der Waals surface area contributed by atoms with Gasteiger partial charge in [-0.1, -0.05) is 30.3 Å². The van der Waals surface area contributed by atoms with Crippen molar-refractivity contribution in [3.05, 3.63) is 60.3 Å². The molecule has 1 heterocycles. The number of ether oxygens (including phenoxy) is 1. The van der Waals surface area contributed by atoms with E-state index in [1.165, 1.54) is 0 Å². The normalized spacial score (nSPS) is 10.6. The number of aliphatic hydroxyl groups is 1. The van der Waals surface area contributed by atoms with Gasteiger partial charge in [-0.05, 0) is 18.2 Å². The van der Waals surface area contributed by atoms with Crippen LogP contribution in [-0.2, 0) is 6.61 Å². The van der Waals surface area contributed by atoms with Crippen molar-refractivity contribution in [3.8, 4) is 11.6 Å². The first-order valence-electron chi connectivity index (χ1n) is 5.95. The predicted octanol–water partition coefficient (Wildman–Crippen LogP) is 2.91. The number of fused-ring (bicyclic) bond motifs is 1. The minimum atomic E-state index is -0.0722. The average molecular weight is 252 g/mol. The molecule has 4 nitrogen and oxygen atoms in total. The van der Waals surface area contributed by atoms with Crippen molar-refractivity contribution in [2.24, 2.45) is 0 Å². The zero-order valence-electron chi connectivity index (χ0n) is 10.2. The van der Waals surface area contributed by atoms with Gasteiger partial charge in [0.05, 0.1) is 23.8 Å². The summed E-state index contributed by atoms with van der Waals surface area (Å²) in [6.45, 7) is -0.0722. The molecule has 0 radical (unpaired) electrons. The van der Waals surface area contributed by atoms with Crippen molar-refractivity contribution >= 4 is 11.0 Å². The van der Waals surface area contributed by atoms with E-state index in [-0.39, 0.29) is 6.61 Å². The number of hydrogen-bond acceptors (Lipinski definition) is 4. The van der Waals surface area contributed by atoms with Crippen molar-refractivity contribution in [1.82, 2.24) is 9.97 Å². The summed E-state index contributed by atoms with van der Waals surface area (Å²) in [6, 6.07) is 14.9. The highest BCUT2D eigenvalue weighted by Crippen LogP contribution is 2.24. The number of benzene rings is 2. The molecular weight excluding hydrogens is 240 g/mol. The second-order valence-corrected chi connectivity index (χ2v) is 4.06. The molecule has 0 spiro atoms. The lowest BCUT2D eigenvalue weighted by atomic mass is 10.2. The van der Waals surface area contributed by atoms with Crippen LogP contribution in [0.4, 0.5) is 0 Å². The summed E-state index contributed by atoms with van der Waals surface area (Å²) in [6.07, 6.45) is 1.58. The molecule has 19 heavy (non-hydrogen) atoms. The standard InChI is InChI=1S/C15H12N2O2/c18-10-11-5-1-4-8-14(11)19-15-9-16-12-6-2-3-7-13(12)17-15/h1-9,18H,10H2. The molecule has 0 bridgehead atoms. The molecular formula is C15H12N2O2. The minimum Gasteiger partial charge on any atom is -0.437 e. The fraction of sp³-hybridized carbons (Fsp3) is 0.0667. The van der Waals surface area contributed by atoms with Crippen LogP contribution in [0.3, 0.4) is 0 Å². The van der Waals surface area contributed by atoms with E-state index >= 15 is 0 Å². The highest BCUT2D eigenvalue weighted by Gasteiger charge is 2.05. The summed E-state index contributed by atoms with van der Waals surface area (Å²) in [5.74, 6) is 1.01. The van der Waals surface area contributed by atoms with Crippen molar-refractivity contribution in [2.45, 2.75) is 6.61 Å². The third-order valence-corrected chi connectivity index (χ3v) is 2.78. The first kappa shape index (κ1) is 11.6. The maximum absolute atomic E-state index is 9.25. The van der Waals surface area contributed by atoms with E-state index in [1.54, 1.807) is 12.3 Å². The molecule has 3 rings (SSSR count). The lowest BCUT2D eigenvalue weighted by molar-refractivity contribution is 0.276. The Bertz CT molecular complexity index is 713. The average Bonchev–Trinajstić information content (AvgIpc) is 2.48. The Hall–Kier alpha value is -2.46. The molecule has 0 unspecified atom stereocenters. The van der Waals surface area contributed by atoms with Gasteiger partial charge in [-0.2, -0.15) is 0 Å². The van der Waals surface area contributed by atoms with E-state index in [9.17, 15) is 5.11 Å². The van der Waals surface area contributed by atoms with Crippen LogP contribution in [0, 0.1) is 0 Å². The monoisotopic (exact) mass is 252 g/mol. The van der Waals surface area contributed by atoms with Crippen LogP contribution >= 0.6 is 0 Å². The fourth-order valence-corrected chi connectivity index (χ4v) is 1.84. The van der Waals surface area contributed by atoms with Gasteiger partial charge in [0, 0.05) is 5.56 Å². The number of aliphatic hydroxyl groups excluding tert-OH is 1. The molecule has 0 saturated heterocycles. The van der Waals surface area contributed by atoms with Crippen LogP contribution in [0.2, 0.25) is 0 Å². The summed E-state index contributed by atoms with van der Waals surface area (Å²) in [7, 11) is 0. The zero-order chi connectivity index (χ0) is 13.1. The topological polar surface area (TPSA) is 55.2 Å². The van der Waals surface area contributed by atoms with E-state index in [1.807, 2.05) is 42.5 Å².